The highest BCUT2D eigenvalue weighted by Gasteiger charge is 2.42. The number of halogens is 4. The number of rotatable bonds is 5. The molecule has 0 unspecified atom stereocenters. The molecular formula is C22H20F4N6O3. The standard InChI is InChI=1S/C22H20F4N6O3/c1-35-18-7-6-17(28-29-18)32-20(22(24,25)26)16(13-27-32)21(34)31-10-8-30(9-11-31)19(33)12-14-2-4-15(23)5-3-14/h2-7,13H,8-12H2,1H3. The molecule has 0 radical (unpaired) electrons. The first-order valence-corrected chi connectivity index (χ1v) is 10.5. The molecule has 2 amide bonds. The summed E-state index contributed by atoms with van der Waals surface area (Å²) in [6.07, 6.45) is -3.98. The number of amides is 2. The minimum atomic E-state index is -4.89. The fourth-order valence-electron chi connectivity index (χ4n) is 3.70. The molecule has 1 aliphatic rings. The molecule has 0 aliphatic carbocycles. The lowest BCUT2D eigenvalue weighted by molar-refractivity contribution is -0.143. The molecule has 0 spiro atoms. The van der Waals surface area contributed by atoms with E-state index in [0.29, 0.717) is 10.2 Å². The van der Waals surface area contributed by atoms with Crippen LogP contribution in [0.4, 0.5) is 17.6 Å². The fourth-order valence-corrected chi connectivity index (χ4v) is 3.70. The number of benzene rings is 1. The Bertz CT molecular complexity index is 1200. The molecule has 0 bridgehead atoms. The molecule has 9 nitrogen and oxygen atoms in total. The molecule has 4 rings (SSSR count). The third-order valence-electron chi connectivity index (χ3n) is 5.51. The van der Waals surface area contributed by atoms with Gasteiger partial charge in [0.15, 0.2) is 11.5 Å². The Hall–Kier alpha value is -4.03. The summed E-state index contributed by atoms with van der Waals surface area (Å²) in [6, 6.07) is 8.11. The first kappa shape index (κ1) is 24.1. The van der Waals surface area contributed by atoms with Crippen molar-refractivity contribution in [2.75, 3.05) is 33.3 Å². The quantitative estimate of drug-likeness (QED) is 0.508. The Balaban J connectivity index is 1.47. The third-order valence-corrected chi connectivity index (χ3v) is 5.51. The van der Waals surface area contributed by atoms with Crippen LogP contribution in [0.1, 0.15) is 21.6 Å². The minimum Gasteiger partial charge on any atom is -0.480 e. The van der Waals surface area contributed by atoms with Crippen LogP contribution in [0.25, 0.3) is 5.82 Å². The second-order valence-electron chi connectivity index (χ2n) is 7.73. The van der Waals surface area contributed by atoms with E-state index in [0.717, 1.165) is 6.20 Å². The van der Waals surface area contributed by atoms with E-state index in [2.05, 4.69) is 15.3 Å². The van der Waals surface area contributed by atoms with Crippen LogP contribution in [0.3, 0.4) is 0 Å². The lowest BCUT2D eigenvalue weighted by Crippen LogP contribution is -2.51. The normalized spacial score (nSPS) is 14.2. The van der Waals surface area contributed by atoms with Crippen molar-refractivity contribution >= 4 is 11.8 Å². The predicted molar refractivity (Wildman–Crippen MR) is 113 cm³/mol. The van der Waals surface area contributed by atoms with Gasteiger partial charge < -0.3 is 14.5 Å². The number of hydrogen-bond donors (Lipinski definition) is 0. The van der Waals surface area contributed by atoms with E-state index in [1.807, 2.05) is 0 Å². The van der Waals surface area contributed by atoms with Crippen LogP contribution in [0.15, 0.2) is 42.6 Å². The van der Waals surface area contributed by atoms with Gasteiger partial charge in [0, 0.05) is 32.2 Å². The molecule has 1 aliphatic heterocycles. The van der Waals surface area contributed by atoms with Gasteiger partial charge in [-0.1, -0.05) is 12.1 Å². The Labute approximate surface area is 196 Å². The lowest BCUT2D eigenvalue weighted by Gasteiger charge is -2.35. The zero-order valence-corrected chi connectivity index (χ0v) is 18.5. The van der Waals surface area contributed by atoms with Crippen molar-refractivity contribution < 1.29 is 31.9 Å². The summed E-state index contributed by atoms with van der Waals surface area (Å²) in [5, 5.41) is 11.1. The van der Waals surface area contributed by atoms with E-state index in [1.165, 1.54) is 53.3 Å². The smallest absolute Gasteiger partial charge is 0.434 e. The summed E-state index contributed by atoms with van der Waals surface area (Å²) in [5.74, 6) is -1.60. The molecule has 0 saturated carbocycles. The first-order valence-electron chi connectivity index (χ1n) is 10.5. The Kier molecular flexibility index (Phi) is 6.67. The van der Waals surface area contributed by atoms with E-state index >= 15 is 0 Å². The highest BCUT2D eigenvalue weighted by molar-refractivity contribution is 5.95. The largest absolute Gasteiger partial charge is 0.480 e. The van der Waals surface area contributed by atoms with Gasteiger partial charge in [-0.05, 0) is 23.8 Å². The molecule has 0 N–H and O–H groups in total. The van der Waals surface area contributed by atoms with Crippen LogP contribution in [0, 0.1) is 5.82 Å². The second-order valence-corrected chi connectivity index (χ2v) is 7.73. The Morgan fingerprint density at radius 2 is 1.63 bits per heavy atom. The van der Waals surface area contributed by atoms with Crippen LogP contribution in [-0.2, 0) is 17.4 Å². The maximum Gasteiger partial charge on any atom is 0.434 e. The number of hydrogen-bond acceptors (Lipinski definition) is 6. The van der Waals surface area contributed by atoms with Gasteiger partial charge in [0.05, 0.1) is 25.3 Å². The summed E-state index contributed by atoms with van der Waals surface area (Å²) in [6.45, 7) is 0.425. The van der Waals surface area contributed by atoms with E-state index in [1.54, 1.807) is 0 Å². The van der Waals surface area contributed by atoms with Gasteiger partial charge in [-0.2, -0.15) is 18.3 Å². The second kappa shape index (κ2) is 9.68. The van der Waals surface area contributed by atoms with Gasteiger partial charge in [0.1, 0.15) is 5.82 Å². The van der Waals surface area contributed by atoms with Gasteiger partial charge in [-0.25, -0.2) is 9.07 Å². The van der Waals surface area contributed by atoms with Gasteiger partial charge in [-0.15, -0.1) is 10.2 Å². The number of carbonyl (C=O) groups excluding carboxylic acids is 2. The molecule has 2 aromatic heterocycles. The average molecular weight is 492 g/mol. The molecule has 1 aromatic carbocycles. The van der Waals surface area contributed by atoms with E-state index in [-0.39, 0.29) is 50.2 Å². The van der Waals surface area contributed by atoms with Crippen LogP contribution in [0.2, 0.25) is 0 Å². The van der Waals surface area contributed by atoms with Crippen LogP contribution < -0.4 is 4.74 Å². The highest BCUT2D eigenvalue weighted by Crippen LogP contribution is 2.34. The highest BCUT2D eigenvalue weighted by atomic mass is 19.4. The van der Waals surface area contributed by atoms with Crippen molar-refractivity contribution in [3.8, 4) is 11.7 Å². The molecule has 13 heteroatoms. The van der Waals surface area contributed by atoms with Gasteiger partial charge >= 0.3 is 6.18 Å². The van der Waals surface area contributed by atoms with Crippen molar-refractivity contribution in [3.05, 3.63) is 65.2 Å². The zero-order valence-electron chi connectivity index (χ0n) is 18.5. The number of aromatic nitrogens is 4. The number of ether oxygens (including phenoxy) is 1. The monoisotopic (exact) mass is 492 g/mol. The lowest BCUT2D eigenvalue weighted by atomic mass is 10.1. The third kappa shape index (κ3) is 5.23. The molecule has 1 fully saturated rings. The molecular weight excluding hydrogens is 472 g/mol. The van der Waals surface area contributed by atoms with E-state index in [4.69, 9.17) is 4.74 Å². The molecule has 1 saturated heterocycles. The van der Waals surface area contributed by atoms with Crippen molar-refractivity contribution in [1.82, 2.24) is 29.8 Å². The minimum absolute atomic E-state index is 0.0544. The van der Waals surface area contributed by atoms with Crippen LogP contribution in [0.5, 0.6) is 5.88 Å². The van der Waals surface area contributed by atoms with E-state index < -0.39 is 29.2 Å². The number of nitrogens with zero attached hydrogens (tertiary/aromatic N) is 6. The van der Waals surface area contributed by atoms with Gasteiger partial charge in [0.25, 0.3) is 5.91 Å². The van der Waals surface area contributed by atoms with Crippen molar-refractivity contribution in [1.29, 1.82) is 0 Å². The summed E-state index contributed by atoms with van der Waals surface area (Å²) in [4.78, 5) is 28.3. The number of methoxy groups -OCH3 is 1. The summed E-state index contributed by atoms with van der Waals surface area (Å²) in [7, 11) is 1.34. The zero-order chi connectivity index (χ0) is 25.2. The SMILES string of the molecule is COc1ccc(-n2ncc(C(=O)N3CCN(C(=O)Cc4ccc(F)cc4)CC3)c2C(F)(F)F)nn1. The maximum atomic E-state index is 13.9. The van der Waals surface area contributed by atoms with Crippen molar-refractivity contribution in [2.24, 2.45) is 0 Å². The first-order chi connectivity index (χ1) is 16.7. The van der Waals surface area contributed by atoms with Gasteiger partial charge in [-0.3, -0.25) is 9.59 Å². The van der Waals surface area contributed by atoms with Crippen LogP contribution in [-0.4, -0.2) is 74.9 Å². The van der Waals surface area contributed by atoms with Gasteiger partial charge in [0.2, 0.25) is 11.8 Å². The number of carbonyl (C=O) groups is 2. The maximum absolute atomic E-state index is 13.9. The topological polar surface area (TPSA) is 93.5 Å². The summed E-state index contributed by atoms with van der Waals surface area (Å²) < 4.78 is 60.2. The van der Waals surface area contributed by atoms with E-state index in [9.17, 15) is 27.2 Å². The molecule has 35 heavy (non-hydrogen) atoms. The summed E-state index contributed by atoms with van der Waals surface area (Å²) >= 11 is 0. The number of alkyl halides is 3. The average Bonchev–Trinajstić information content (AvgIpc) is 3.31. The fraction of sp³-hybridized carbons (Fsp3) is 0.318. The Morgan fingerprint density at radius 3 is 2.20 bits per heavy atom. The predicted octanol–water partition coefficient (Wildman–Crippen LogP) is 2.36. The van der Waals surface area contributed by atoms with Crippen molar-refractivity contribution in [3.63, 3.8) is 0 Å². The molecule has 3 aromatic rings. The molecule has 3 heterocycles. The molecule has 184 valence electrons. The molecule has 0 atom stereocenters. The Morgan fingerprint density at radius 1 is 0.971 bits per heavy atom. The summed E-state index contributed by atoms with van der Waals surface area (Å²) in [5.41, 5.74) is -1.25. The van der Waals surface area contributed by atoms with Crippen molar-refractivity contribution in [2.45, 2.75) is 12.6 Å². The van der Waals surface area contributed by atoms with Crippen LogP contribution >= 0.6 is 0 Å². The number of piperazine rings is 1.